The van der Waals surface area contributed by atoms with Crippen LogP contribution in [0.25, 0.3) is 0 Å². The molecule has 1 aliphatic rings. The van der Waals surface area contributed by atoms with E-state index < -0.39 is 4.92 Å². The minimum atomic E-state index is -0.402. The fraction of sp³-hybridized carbons (Fsp3) is 0.600. The molecule has 1 rings (SSSR count). The Hall–Kier alpha value is -1.26. The Bertz CT molecular complexity index is 179. The Morgan fingerprint density at radius 2 is 2.10 bits per heavy atom. The lowest BCUT2D eigenvalue weighted by molar-refractivity contribution is -0.426. The van der Waals surface area contributed by atoms with E-state index in [1.54, 1.807) is 0 Å². The van der Waals surface area contributed by atoms with Crippen LogP contribution in [0.1, 0.15) is 6.92 Å². The summed E-state index contributed by atoms with van der Waals surface area (Å²) in [4.78, 5) is 9.75. The van der Waals surface area contributed by atoms with Gasteiger partial charge in [-0.05, 0) is 0 Å². The van der Waals surface area contributed by atoms with Crippen LogP contribution in [0.4, 0.5) is 0 Å². The van der Waals surface area contributed by atoms with Crippen LogP contribution < -0.4 is 10.6 Å². The number of rotatable bonds is 1. The third-order valence-corrected chi connectivity index (χ3v) is 1.36. The van der Waals surface area contributed by atoms with Crippen LogP contribution in [-0.4, -0.2) is 18.0 Å². The normalized spacial score (nSPS) is 15.9. The monoisotopic (exact) mass is 143 g/mol. The van der Waals surface area contributed by atoms with Gasteiger partial charge >= 0.3 is 0 Å². The topological polar surface area (TPSA) is 67.2 Å². The van der Waals surface area contributed by atoms with Crippen molar-refractivity contribution in [1.29, 1.82) is 0 Å². The molecule has 0 amide bonds. The highest BCUT2D eigenvalue weighted by atomic mass is 16.6. The molecule has 1 aliphatic heterocycles. The van der Waals surface area contributed by atoms with E-state index in [-0.39, 0.29) is 5.70 Å². The number of nitrogens with zero attached hydrogens (tertiary/aromatic N) is 1. The molecule has 5 nitrogen and oxygen atoms in total. The van der Waals surface area contributed by atoms with Gasteiger partial charge in [0.2, 0.25) is 0 Å². The average molecular weight is 143 g/mol. The summed E-state index contributed by atoms with van der Waals surface area (Å²) in [7, 11) is 0. The Labute approximate surface area is 58.3 Å². The molecule has 1 heterocycles. The quantitative estimate of drug-likeness (QED) is 0.388. The van der Waals surface area contributed by atoms with E-state index in [2.05, 4.69) is 10.6 Å². The zero-order valence-corrected chi connectivity index (χ0v) is 5.68. The van der Waals surface area contributed by atoms with E-state index in [1.807, 2.05) is 0 Å². The molecular weight excluding hydrogens is 134 g/mol. The molecule has 0 spiro atoms. The summed E-state index contributed by atoms with van der Waals surface area (Å²) in [5.41, 5.74) is 0.150. The summed E-state index contributed by atoms with van der Waals surface area (Å²) in [5, 5.41) is 15.9. The Balaban J connectivity index is 2.73. The number of hydrogen-bond donors (Lipinski definition) is 2. The molecule has 2 N–H and O–H groups in total. The first-order chi connectivity index (χ1) is 4.72. The third kappa shape index (κ3) is 1.18. The SMILES string of the molecule is CC(=C1NCCN1)[N+](=O)[O-]. The molecule has 1 saturated heterocycles. The van der Waals surface area contributed by atoms with Crippen molar-refractivity contribution in [2.45, 2.75) is 6.92 Å². The molecule has 0 atom stereocenters. The average Bonchev–Trinajstić information content (AvgIpc) is 2.36. The second-order valence-electron chi connectivity index (χ2n) is 2.07. The van der Waals surface area contributed by atoms with Crippen molar-refractivity contribution in [3.8, 4) is 0 Å². The molecule has 0 aromatic heterocycles. The molecule has 0 aromatic rings. The number of nitro groups is 1. The molecule has 0 unspecified atom stereocenters. The minimum Gasteiger partial charge on any atom is -0.365 e. The predicted octanol–water partition coefficient (Wildman–Crippen LogP) is -0.355. The fourth-order valence-electron chi connectivity index (χ4n) is 0.785. The van der Waals surface area contributed by atoms with Crippen molar-refractivity contribution in [1.82, 2.24) is 10.6 Å². The van der Waals surface area contributed by atoms with E-state index in [0.717, 1.165) is 13.1 Å². The molecular formula is C5H9N3O2. The molecule has 0 aromatic carbocycles. The van der Waals surface area contributed by atoms with E-state index in [9.17, 15) is 10.1 Å². The summed E-state index contributed by atoms with van der Waals surface area (Å²) in [6, 6.07) is 0. The van der Waals surface area contributed by atoms with Gasteiger partial charge in [-0.25, -0.2) is 0 Å². The Kier molecular flexibility index (Phi) is 1.75. The van der Waals surface area contributed by atoms with Crippen LogP contribution >= 0.6 is 0 Å². The molecule has 0 saturated carbocycles. The molecule has 5 heteroatoms. The highest BCUT2D eigenvalue weighted by molar-refractivity contribution is 5.04. The van der Waals surface area contributed by atoms with Crippen LogP contribution in [0.15, 0.2) is 11.5 Å². The summed E-state index contributed by atoms with van der Waals surface area (Å²) >= 11 is 0. The Morgan fingerprint density at radius 1 is 1.60 bits per heavy atom. The molecule has 0 radical (unpaired) electrons. The van der Waals surface area contributed by atoms with Crippen molar-refractivity contribution in [3.05, 3.63) is 21.6 Å². The zero-order chi connectivity index (χ0) is 7.56. The van der Waals surface area contributed by atoms with E-state index in [1.165, 1.54) is 6.92 Å². The molecule has 0 bridgehead atoms. The maximum atomic E-state index is 10.2. The first-order valence-corrected chi connectivity index (χ1v) is 3.05. The first kappa shape index (κ1) is 6.85. The fourth-order valence-corrected chi connectivity index (χ4v) is 0.785. The van der Waals surface area contributed by atoms with Gasteiger partial charge in [-0.3, -0.25) is 10.1 Å². The van der Waals surface area contributed by atoms with Crippen molar-refractivity contribution in [3.63, 3.8) is 0 Å². The van der Waals surface area contributed by atoms with E-state index in [0.29, 0.717) is 5.82 Å². The maximum absolute atomic E-state index is 10.2. The van der Waals surface area contributed by atoms with Crippen LogP contribution in [0.5, 0.6) is 0 Å². The van der Waals surface area contributed by atoms with Crippen molar-refractivity contribution in [2.75, 3.05) is 13.1 Å². The van der Waals surface area contributed by atoms with Crippen LogP contribution in [0, 0.1) is 10.1 Å². The summed E-state index contributed by atoms with van der Waals surface area (Å²) in [5.74, 6) is 0.546. The smallest absolute Gasteiger partial charge is 0.282 e. The lowest BCUT2D eigenvalue weighted by atomic mass is 10.5. The van der Waals surface area contributed by atoms with Crippen molar-refractivity contribution in [2.24, 2.45) is 0 Å². The molecule has 10 heavy (non-hydrogen) atoms. The second kappa shape index (κ2) is 2.55. The lowest BCUT2D eigenvalue weighted by Crippen LogP contribution is -2.15. The predicted molar refractivity (Wildman–Crippen MR) is 35.7 cm³/mol. The van der Waals surface area contributed by atoms with Gasteiger partial charge in [0, 0.05) is 20.0 Å². The number of nitrogens with one attached hydrogen (secondary N) is 2. The van der Waals surface area contributed by atoms with Gasteiger partial charge in [0.25, 0.3) is 5.70 Å². The third-order valence-electron chi connectivity index (χ3n) is 1.36. The maximum Gasteiger partial charge on any atom is 0.282 e. The highest BCUT2D eigenvalue weighted by Crippen LogP contribution is 2.00. The summed E-state index contributed by atoms with van der Waals surface area (Å²) in [6.45, 7) is 3.00. The molecule has 1 fully saturated rings. The van der Waals surface area contributed by atoms with Crippen LogP contribution in [-0.2, 0) is 0 Å². The van der Waals surface area contributed by atoms with Gasteiger partial charge in [0.15, 0.2) is 5.82 Å². The lowest BCUT2D eigenvalue weighted by Gasteiger charge is -1.97. The molecule has 56 valence electrons. The summed E-state index contributed by atoms with van der Waals surface area (Å²) < 4.78 is 0. The van der Waals surface area contributed by atoms with Crippen LogP contribution in [0.2, 0.25) is 0 Å². The zero-order valence-electron chi connectivity index (χ0n) is 5.68. The first-order valence-electron chi connectivity index (χ1n) is 3.05. The highest BCUT2D eigenvalue weighted by Gasteiger charge is 2.15. The second-order valence-corrected chi connectivity index (χ2v) is 2.07. The van der Waals surface area contributed by atoms with Crippen LogP contribution in [0.3, 0.4) is 0 Å². The van der Waals surface area contributed by atoms with Gasteiger partial charge in [-0.2, -0.15) is 0 Å². The number of hydrogen-bond acceptors (Lipinski definition) is 4. The number of allylic oxidation sites excluding steroid dienone is 1. The van der Waals surface area contributed by atoms with Gasteiger partial charge < -0.3 is 10.6 Å². The summed E-state index contributed by atoms with van der Waals surface area (Å²) in [6.07, 6.45) is 0. The van der Waals surface area contributed by atoms with Gasteiger partial charge in [0.1, 0.15) is 0 Å². The van der Waals surface area contributed by atoms with E-state index in [4.69, 9.17) is 0 Å². The molecule has 0 aliphatic carbocycles. The largest absolute Gasteiger partial charge is 0.365 e. The van der Waals surface area contributed by atoms with E-state index >= 15 is 0 Å². The Morgan fingerprint density at radius 3 is 2.50 bits per heavy atom. The van der Waals surface area contributed by atoms with Crippen molar-refractivity contribution < 1.29 is 4.92 Å². The van der Waals surface area contributed by atoms with Gasteiger partial charge in [-0.15, -0.1) is 0 Å². The van der Waals surface area contributed by atoms with Gasteiger partial charge in [-0.1, -0.05) is 0 Å². The standard InChI is InChI=1S/C5H9N3O2/c1-4(8(9)10)5-6-2-3-7-5/h6-7H,2-3H2,1H3. The minimum absolute atomic E-state index is 0.150. The van der Waals surface area contributed by atoms with Gasteiger partial charge in [0.05, 0.1) is 4.92 Å². The van der Waals surface area contributed by atoms with Crippen molar-refractivity contribution >= 4 is 0 Å².